The Bertz CT molecular complexity index is 776. The van der Waals surface area contributed by atoms with Gasteiger partial charge in [-0.05, 0) is 31.0 Å². The summed E-state index contributed by atoms with van der Waals surface area (Å²) in [5, 5.41) is 12.0. The van der Waals surface area contributed by atoms with E-state index in [4.69, 9.17) is 22.6 Å². The minimum absolute atomic E-state index is 0.0358. The number of nitrogens with zero attached hydrogens (tertiary/aromatic N) is 2. The Morgan fingerprint density at radius 3 is 2.88 bits per heavy atom. The van der Waals surface area contributed by atoms with Crippen molar-refractivity contribution in [1.29, 1.82) is 5.26 Å². The fraction of sp³-hybridized carbons (Fsp3) is 0.500. The van der Waals surface area contributed by atoms with Gasteiger partial charge in [-0.15, -0.1) is 0 Å². The Kier molecular flexibility index (Phi) is 6.79. The summed E-state index contributed by atoms with van der Waals surface area (Å²) in [6.07, 6.45) is 2.53. The lowest BCUT2D eigenvalue weighted by Crippen LogP contribution is -2.49. The third kappa shape index (κ3) is 4.70. The van der Waals surface area contributed by atoms with Crippen LogP contribution in [0.1, 0.15) is 31.2 Å². The summed E-state index contributed by atoms with van der Waals surface area (Å²) in [5.41, 5.74) is 5.46. The lowest BCUT2D eigenvalue weighted by atomic mass is 10.1. The molecule has 0 aromatic heterocycles. The monoisotopic (exact) mass is 384 g/mol. The van der Waals surface area contributed by atoms with E-state index >= 15 is 0 Å². The van der Waals surface area contributed by atoms with E-state index in [9.17, 15) is 13.2 Å². The summed E-state index contributed by atoms with van der Waals surface area (Å²) in [6, 6.07) is 5.67. The molecule has 25 heavy (non-hydrogen) atoms. The van der Waals surface area contributed by atoms with E-state index in [-0.39, 0.29) is 46.9 Å². The van der Waals surface area contributed by atoms with Crippen LogP contribution >= 0.6 is 11.6 Å². The molecule has 1 aliphatic rings. The molecule has 0 saturated carbocycles. The second-order valence-electron chi connectivity index (χ2n) is 5.86. The molecule has 136 valence electrons. The van der Waals surface area contributed by atoms with E-state index in [0.717, 1.165) is 12.8 Å². The van der Waals surface area contributed by atoms with Crippen molar-refractivity contribution in [3.8, 4) is 6.07 Å². The van der Waals surface area contributed by atoms with Gasteiger partial charge in [-0.2, -0.15) is 9.57 Å². The number of nitrogens with two attached hydrogens (primary N) is 1. The van der Waals surface area contributed by atoms with Crippen LogP contribution in [0.25, 0.3) is 0 Å². The van der Waals surface area contributed by atoms with Crippen LogP contribution in [0.2, 0.25) is 5.02 Å². The molecule has 1 aliphatic heterocycles. The molecular weight excluding hydrogens is 364 g/mol. The molecule has 9 heteroatoms. The molecule has 1 heterocycles. The van der Waals surface area contributed by atoms with Gasteiger partial charge in [0, 0.05) is 32.1 Å². The number of benzene rings is 1. The van der Waals surface area contributed by atoms with E-state index < -0.39 is 10.0 Å². The van der Waals surface area contributed by atoms with Gasteiger partial charge in [0.2, 0.25) is 15.9 Å². The van der Waals surface area contributed by atoms with Crippen LogP contribution < -0.4 is 11.1 Å². The van der Waals surface area contributed by atoms with Gasteiger partial charge in [0.25, 0.3) is 0 Å². The fourth-order valence-corrected chi connectivity index (χ4v) is 4.71. The average molecular weight is 385 g/mol. The number of sulfonamides is 1. The molecule has 1 atom stereocenters. The highest BCUT2D eigenvalue weighted by Gasteiger charge is 2.33. The minimum atomic E-state index is -3.77. The topological polar surface area (TPSA) is 116 Å². The third-order valence-electron chi connectivity index (χ3n) is 4.14. The number of amides is 1. The molecule has 2 rings (SSSR count). The smallest absolute Gasteiger partial charge is 0.243 e. The highest BCUT2D eigenvalue weighted by molar-refractivity contribution is 7.89. The summed E-state index contributed by atoms with van der Waals surface area (Å²) < 4.78 is 27.4. The molecule has 0 aliphatic carbocycles. The SMILES string of the molecule is N#Cc1cc(S(=O)(=O)N2CCCCC2CNC(=O)CCN)ccc1Cl. The van der Waals surface area contributed by atoms with Crippen molar-refractivity contribution in [3.63, 3.8) is 0 Å². The van der Waals surface area contributed by atoms with Gasteiger partial charge >= 0.3 is 0 Å². The average Bonchev–Trinajstić information content (AvgIpc) is 2.60. The molecule has 1 aromatic carbocycles. The van der Waals surface area contributed by atoms with Gasteiger partial charge in [-0.3, -0.25) is 4.79 Å². The Labute approximate surface area is 152 Å². The molecule has 1 saturated heterocycles. The third-order valence-corrected chi connectivity index (χ3v) is 6.42. The van der Waals surface area contributed by atoms with E-state index in [1.165, 1.54) is 22.5 Å². The number of nitrogens with one attached hydrogen (secondary N) is 1. The molecule has 0 bridgehead atoms. The first-order valence-corrected chi connectivity index (χ1v) is 9.90. The Morgan fingerprint density at radius 2 is 2.20 bits per heavy atom. The van der Waals surface area contributed by atoms with Gasteiger partial charge < -0.3 is 11.1 Å². The summed E-state index contributed by atoms with van der Waals surface area (Å²) in [7, 11) is -3.77. The maximum Gasteiger partial charge on any atom is 0.243 e. The summed E-state index contributed by atoms with van der Waals surface area (Å²) in [5.74, 6) is -0.191. The van der Waals surface area contributed by atoms with Crippen molar-refractivity contribution in [1.82, 2.24) is 9.62 Å². The van der Waals surface area contributed by atoms with Crippen molar-refractivity contribution in [3.05, 3.63) is 28.8 Å². The summed E-state index contributed by atoms with van der Waals surface area (Å²) >= 11 is 5.89. The van der Waals surface area contributed by atoms with Crippen molar-refractivity contribution < 1.29 is 13.2 Å². The first-order valence-electron chi connectivity index (χ1n) is 8.08. The van der Waals surface area contributed by atoms with Gasteiger partial charge in [0.05, 0.1) is 15.5 Å². The molecule has 7 nitrogen and oxygen atoms in total. The fourth-order valence-electron chi connectivity index (χ4n) is 2.83. The van der Waals surface area contributed by atoms with Crippen LogP contribution in [0.5, 0.6) is 0 Å². The maximum absolute atomic E-state index is 13.0. The van der Waals surface area contributed by atoms with Crippen LogP contribution in [0, 0.1) is 11.3 Å². The predicted octanol–water partition coefficient (Wildman–Crippen LogP) is 1.22. The first kappa shape index (κ1) is 19.7. The molecule has 0 radical (unpaired) electrons. The number of carbonyl (C=O) groups excluding carboxylic acids is 1. The number of carbonyl (C=O) groups is 1. The molecule has 0 spiro atoms. The zero-order valence-corrected chi connectivity index (χ0v) is 15.3. The quantitative estimate of drug-likeness (QED) is 0.764. The minimum Gasteiger partial charge on any atom is -0.354 e. The van der Waals surface area contributed by atoms with Gasteiger partial charge in [-0.1, -0.05) is 18.0 Å². The van der Waals surface area contributed by atoms with Crippen LogP contribution in [0.15, 0.2) is 23.1 Å². The van der Waals surface area contributed by atoms with E-state index in [1.807, 2.05) is 6.07 Å². The summed E-state index contributed by atoms with van der Waals surface area (Å²) in [6.45, 7) is 0.876. The lowest BCUT2D eigenvalue weighted by molar-refractivity contribution is -0.121. The largest absolute Gasteiger partial charge is 0.354 e. The molecule has 3 N–H and O–H groups in total. The standard InChI is InChI=1S/C16H21ClN4O3S/c17-15-5-4-14(9-12(15)10-19)25(23,24)21-8-2-1-3-13(21)11-20-16(22)6-7-18/h4-5,9,13H,1-3,6-8,11,18H2,(H,20,22). The number of nitriles is 1. The maximum atomic E-state index is 13.0. The lowest BCUT2D eigenvalue weighted by Gasteiger charge is -2.34. The van der Waals surface area contributed by atoms with Crippen LogP contribution in [0.4, 0.5) is 0 Å². The predicted molar refractivity (Wildman–Crippen MR) is 94.4 cm³/mol. The Balaban J connectivity index is 2.23. The highest BCUT2D eigenvalue weighted by Crippen LogP contribution is 2.27. The van der Waals surface area contributed by atoms with Crippen LogP contribution in [-0.4, -0.2) is 44.3 Å². The zero-order valence-electron chi connectivity index (χ0n) is 13.7. The van der Waals surface area contributed by atoms with Crippen molar-refractivity contribution in [2.75, 3.05) is 19.6 Å². The second kappa shape index (κ2) is 8.63. The first-order chi connectivity index (χ1) is 11.9. The highest BCUT2D eigenvalue weighted by atomic mass is 35.5. The number of piperidine rings is 1. The van der Waals surface area contributed by atoms with E-state index in [0.29, 0.717) is 13.0 Å². The zero-order chi connectivity index (χ0) is 18.4. The van der Waals surface area contributed by atoms with Gasteiger partial charge in [0.15, 0.2) is 0 Å². The molecule has 1 unspecified atom stereocenters. The van der Waals surface area contributed by atoms with Gasteiger partial charge in [0.1, 0.15) is 6.07 Å². The van der Waals surface area contributed by atoms with Crippen molar-refractivity contribution in [2.45, 2.75) is 36.6 Å². The molecule has 1 aromatic rings. The molecule has 1 amide bonds. The Hall–Kier alpha value is -1.66. The Morgan fingerprint density at radius 1 is 1.44 bits per heavy atom. The second-order valence-corrected chi connectivity index (χ2v) is 8.16. The van der Waals surface area contributed by atoms with Crippen LogP contribution in [-0.2, 0) is 14.8 Å². The molecule has 1 fully saturated rings. The van der Waals surface area contributed by atoms with E-state index in [2.05, 4.69) is 5.32 Å². The molecular formula is C16H21ClN4O3S. The number of halogens is 1. The van der Waals surface area contributed by atoms with E-state index in [1.54, 1.807) is 0 Å². The number of rotatable bonds is 6. The normalized spacial score (nSPS) is 18.5. The summed E-state index contributed by atoms with van der Waals surface area (Å²) in [4.78, 5) is 11.7. The van der Waals surface area contributed by atoms with Gasteiger partial charge in [-0.25, -0.2) is 8.42 Å². The van der Waals surface area contributed by atoms with Crippen molar-refractivity contribution in [2.24, 2.45) is 5.73 Å². The number of hydrogen-bond donors (Lipinski definition) is 2. The van der Waals surface area contributed by atoms with Crippen LogP contribution in [0.3, 0.4) is 0 Å². The van der Waals surface area contributed by atoms with Crippen molar-refractivity contribution >= 4 is 27.5 Å². The number of hydrogen-bond acceptors (Lipinski definition) is 5.